The second-order valence-corrected chi connectivity index (χ2v) is 9.61. The van der Waals surface area contributed by atoms with E-state index in [1.165, 1.54) is 25.0 Å². The summed E-state index contributed by atoms with van der Waals surface area (Å²) in [6, 6.07) is 10.4. The van der Waals surface area contributed by atoms with E-state index in [0.717, 1.165) is 29.7 Å². The molecule has 1 unspecified atom stereocenters. The fraction of sp³-hybridized carbons (Fsp3) is 0.423. The largest absolute Gasteiger partial charge is 0.490 e. The molecule has 6 rings (SSSR count). The highest BCUT2D eigenvalue weighted by Gasteiger charge is 2.59. The Labute approximate surface area is 186 Å². The number of nitrogens with one attached hydrogen (secondary N) is 1. The molecule has 32 heavy (non-hydrogen) atoms. The van der Waals surface area contributed by atoms with Crippen molar-refractivity contribution in [2.45, 2.75) is 44.6 Å². The molecular weight excluding hydrogens is 405 g/mol. The fourth-order valence-electron chi connectivity index (χ4n) is 5.59. The summed E-state index contributed by atoms with van der Waals surface area (Å²) in [4.78, 5) is 21.6. The minimum atomic E-state index is -0.290. The van der Waals surface area contributed by atoms with Gasteiger partial charge < -0.3 is 10.1 Å². The number of anilines is 1. The summed E-state index contributed by atoms with van der Waals surface area (Å²) < 4.78 is 20.0. The average molecular weight is 432 g/mol. The van der Waals surface area contributed by atoms with Gasteiger partial charge in [0.05, 0.1) is 23.5 Å². The van der Waals surface area contributed by atoms with Crippen LogP contribution in [0.25, 0.3) is 10.9 Å². The summed E-state index contributed by atoms with van der Waals surface area (Å²) >= 11 is 0. The number of ether oxygens (including phenoxy) is 1. The lowest BCUT2D eigenvalue weighted by atomic mass is 9.97. The molecule has 5 nitrogen and oxygen atoms in total. The molecule has 0 saturated heterocycles. The lowest BCUT2D eigenvalue weighted by molar-refractivity contribution is -0.120. The van der Waals surface area contributed by atoms with Gasteiger partial charge in [0.15, 0.2) is 0 Å². The third-order valence-corrected chi connectivity index (χ3v) is 7.47. The van der Waals surface area contributed by atoms with Crippen molar-refractivity contribution >= 4 is 22.5 Å². The quantitative estimate of drug-likeness (QED) is 0.573. The molecule has 0 spiro atoms. The van der Waals surface area contributed by atoms with Crippen LogP contribution in [0.4, 0.5) is 10.1 Å². The van der Waals surface area contributed by atoms with E-state index in [1.54, 1.807) is 18.5 Å². The third-order valence-electron chi connectivity index (χ3n) is 7.47. The second-order valence-electron chi connectivity index (χ2n) is 9.61. The molecule has 6 heteroatoms. The van der Waals surface area contributed by atoms with Gasteiger partial charge in [-0.05, 0) is 79.8 Å². The van der Waals surface area contributed by atoms with Crippen LogP contribution in [-0.4, -0.2) is 22.0 Å². The van der Waals surface area contributed by atoms with Gasteiger partial charge in [-0.15, -0.1) is 0 Å². The van der Waals surface area contributed by atoms with Crippen LogP contribution in [0.5, 0.6) is 5.75 Å². The van der Waals surface area contributed by atoms with E-state index in [2.05, 4.69) is 15.3 Å². The van der Waals surface area contributed by atoms with Gasteiger partial charge in [0, 0.05) is 29.1 Å². The van der Waals surface area contributed by atoms with Crippen LogP contribution in [0.15, 0.2) is 48.8 Å². The Hall–Kier alpha value is -3.02. The normalized spacial score (nSPS) is 27.1. The van der Waals surface area contributed by atoms with E-state index >= 15 is 0 Å². The molecule has 1 N–H and O–H groups in total. The lowest BCUT2D eigenvalue weighted by Gasteiger charge is -2.20. The summed E-state index contributed by atoms with van der Waals surface area (Å²) in [6.45, 7) is 2.03. The van der Waals surface area contributed by atoms with Crippen LogP contribution < -0.4 is 10.1 Å². The van der Waals surface area contributed by atoms with Gasteiger partial charge >= 0.3 is 0 Å². The van der Waals surface area contributed by atoms with Crippen molar-refractivity contribution in [3.05, 3.63) is 60.3 Å². The smallest absolute Gasteiger partial charge is 0.227 e. The van der Waals surface area contributed by atoms with Crippen molar-refractivity contribution in [1.29, 1.82) is 0 Å². The van der Waals surface area contributed by atoms with Crippen LogP contribution in [0.2, 0.25) is 0 Å². The van der Waals surface area contributed by atoms with Gasteiger partial charge in [-0.1, -0.05) is 6.92 Å². The fourth-order valence-corrected chi connectivity index (χ4v) is 5.59. The van der Waals surface area contributed by atoms with Crippen molar-refractivity contribution in [3.63, 3.8) is 0 Å². The molecule has 3 aromatic rings. The number of aromatic nitrogens is 2. The number of hydrogen-bond donors (Lipinski definition) is 1. The van der Waals surface area contributed by atoms with Crippen LogP contribution in [0.1, 0.15) is 44.2 Å². The van der Waals surface area contributed by atoms with E-state index in [-0.39, 0.29) is 23.7 Å². The maximum atomic E-state index is 13.7. The summed E-state index contributed by atoms with van der Waals surface area (Å²) in [6.07, 6.45) is 7.89. The van der Waals surface area contributed by atoms with Crippen molar-refractivity contribution < 1.29 is 13.9 Å². The molecule has 2 aromatic heterocycles. The summed E-state index contributed by atoms with van der Waals surface area (Å²) in [7, 11) is 0. The molecule has 1 aromatic carbocycles. The number of rotatable bonds is 6. The Kier molecular flexibility index (Phi) is 4.63. The molecule has 3 fully saturated rings. The number of carbonyl (C=O) groups is 1. The average Bonchev–Trinajstić information content (AvgIpc) is 3.71. The van der Waals surface area contributed by atoms with E-state index in [4.69, 9.17) is 4.74 Å². The number of pyridine rings is 2. The zero-order valence-corrected chi connectivity index (χ0v) is 18.0. The van der Waals surface area contributed by atoms with Crippen molar-refractivity contribution in [3.8, 4) is 5.75 Å². The Balaban J connectivity index is 1.05. The van der Waals surface area contributed by atoms with Gasteiger partial charge in [0.25, 0.3) is 0 Å². The highest BCUT2D eigenvalue weighted by Crippen LogP contribution is 2.61. The lowest BCUT2D eigenvalue weighted by Crippen LogP contribution is -2.25. The van der Waals surface area contributed by atoms with E-state index < -0.39 is 0 Å². The highest BCUT2D eigenvalue weighted by molar-refractivity contribution is 5.92. The van der Waals surface area contributed by atoms with E-state index in [0.29, 0.717) is 34.8 Å². The molecule has 3 aliphatic rings. The topological polar surface area (TPSA) is 64.1 Å². The molecule has 5 atom stereocenters. The van der Waals surface area contributed by atoms with Gasteiger partial charge in [-0.2, -0.15) is 0 Å². The van der Waals surface area contributed by atoms with Crippen LogP contribution in [0, 0.1) is 29.5 Å². The van der Waals surface area contributed by atoms with Crippen molar-refractivity contribution in [2.75, 3.05) is 5.32 Å². The zero-order valence-electron chi connectivity index (χ0n) is 18.0. The van der Waals surface area contributed by atoms with Crippen LogP contribution in [-0.2, 0) is 4.79 Å². The Morgan fingerprint density at radius 3 is 2.66 bits per heavy atom. The zero-order chi connectivity index (χ0) is 21.8. The number of carbonyl (C=O) groups excluding carboxylic acids is 1. The molecule has 0 bridgehead atoms. The maximum Gasteiger partial charge on any atom is 0.227 e. The molecular formula is C26H26FN3O2. The number of fused-ring (bicyclic) bond motifs is 2. The standard InChI is InChI=1S/C26H26FN3O2/c1-14(26(31)30-17-5-7-22(29-13-17)15-2-3-15)25-19-11-18(12-20(19)25)32-24-8-9-28-23-6-4-16(27)10-21(23)24/h4-10,13-15,18-20,25H,2-3,11-12H2,1H3,(H,30,31)/t14?,18-,19-,20+,25+. The predicted octanol–water partition coefficient (Wildman–Crippen LogP) is 5.32. The Bertz CT molecular complexity index is 1170. The Morgan fingerprint density at radius 1 is 1.12 bits per heavy atom. The third kappa shape index (κ3) is 3.61. The van der Waals surface area contributed by atoms with E-state index in [9.17, 15) is 9.18 Å². The SMILES string of the molecule is CC(C(=O)Nc1ccc(C2CC2)nc1)[C@H]1[C@@H]2C[C@@H](Oc3ccnc4ccc(F)cc34)C[C@@H]21. The molecule has 0 aliphatic heterocycles. The van der Waals surface area contributed by atoms with Gasteiger partial charge in [-0.25, -0.2) is 4.39 Å². The van der Waals surface area contributed by atoms with Crippen molar-refractivity contribution in [2.24, 2.45) is 23.7 Å². The minimum absolute atomic E-state index is 0.0371. The Morgan fingerprint density at radius 2 is 1.94 bits per heavy atom. The van der Waals surface area contributed by atoms with Crippen LogP contribution >= 0.6 is 0 Å². The van der Waals surface area contributed by atoms with Crippen molar-refractivity contribution in [1.82, 2.24) is 9.97 Å². The number of benzene rings is 1. The summed E-state index contributed by atoms with van der Waals surface area (Å²) in [5.74, 6) is 2.47. The maximum absolute atomic E-state index is 13.7. The second kappa shape index (κ2) is 7.54. The minimum Gasteiger partial charge on any atom is -0.490 e. The molecule has 164 valence electrons. The first-order chi connectivity index (χ1) is 15.6. The molecule has 3 aliphatic carbocycles. The number of hydrogen-bond acceptors (Lipinski definition) is 4. The molecule has 1 amide bonds. The monoisotopic (exact) mass is 431 g/mol. The number of halogens is 1. The predicted molar refractivity (Wildman–Crippen MR) is 120 cm³/mol. The van der Waals surface area contributed by atoms with Gasteiger partial charge in [0.1, 0.15) is 11.6 Å². The van der Waals surface area contributed by atoms with Crippen LogP contribution in [0.3, 0.4) is 0 Å². The molecule has 2 heterocycles. The first-order valence-corrected chi connectivity index (χ1v) is 11.5. The number of amides is 1. The number of nitrogens with zero attached hydrogens (tertiary/aromatic N) is 2. The summed E-state index contributed by atoms with van der Waals surface area (Å²) in [5, 5.41) is 3.75. The highest BCUT2D eigenvalue weighted by atomic mass is 19.1. The molecule has 3 saturated carbocycles. The first kappa shape index (κ1) is 19.6. The van der Waals surface area contributed by atoms with E-state index in [1.807, 2.05) is 25.1 Å². The van der Waals surface area contributed by atoms with Gasteiger partial charge in [-0.3, -0.25) is 14.8 Å². The molecule has 0 radical (unpaired) electrons. The first-order valence-electron chi connectivity index (χ1n) is 11.5. The van der Waals surface area contributed by atoms with Gasteiger partial charge in [0.2, 0.25) is 5.91 Å². The summed E-state index contributed by atoms with van der Waals surface area (Å²) in [5.41, 5.74) is 2.63.